The summed E-state index contributed by atoms with van der Waals surface area (Å²) in [5, 5.41) is 0.230. The minimum atomic E-state index is -4.01. The van der Waals surface area contributed by atoms with Gasteiger partial charge in [0.05, 0.1) is 7.11 Å². The van der Waals surface area contributed by atoms with Gasteiger partial charge in [0, 0.05) is 5.02 Å². The van der Waals surface area contributed by atoms with E-state index in [2.05, 4.69) is 9.47 Å². The fourth-order valence-corrected chi connectivity index (χ4v) is 1.02. The van der Waals surface area contributed by atoms with Gasteiger partial charge in [-0.3, -0.25) is 0 Å². The predicted octanol–water partition coefficient (Wildman–Crippen LogP) is 2.48. The largest absolute Gasteiger partial charge is 0.502 e. The zero-order valence-electron chi connectivity index (χ0n) is 7.67. The van der Waals surface area contributed by atoms with Crippen LogP contribution >= 0.6 is 11.6 Å². The third-order valence-corrected chi connectivity index (χ3v) is 1.70. The van der Waals surface area contributed by atoms with Gasteiger partial charge in [-0.25, -0.2) is 4.79 Å². The van der Waals surface area contributed by atoms with E-state index in [1.54, 1.807) is 0 Å². The Hall–Kier alpha value is -1.36. The Morgan fingerprint density at radius 3 is 2.67 bits per heavy atom. The van der Waals surface area contributed by atoms with Crippen LogP contribution in [0.15, 0.2) is 24.3 Å². The summed E-state index contributed by atoms with van der Waals surface area (Å²) in [6.45, 7) is 0. The van der Waals surface area contributed by atoms with E-state index in [1.165, 1.54) is 24.3 Å². The lowest BCUT2D eigenvalue weighted by molar-refractivity contribution is -0.214. The number of rotatable bonds is 3. The molecule has 0 N–H and O–H groups in total. The lowest BCUT2D eigenvalue weighted by Gasteiger charge is -2.14. The summed E-state index contributed by atoms with van der Waals surface area (Å²) in [7, 11) is 0.845. The van der Waals surface area contributed by atoms with Crippen molar-refractivity contribution in [2.24, 2.45) is 0 Å². The molecule has 0 saturated carbocycles. The monoisotopic (exact) mass is 236 g/mol. The summed E-state index contributed by atoms with van der Waals surface area (Å²) in [5.41, 5.74) is 0. The van der Waals surface area contributed by atoms with Gasteiger partial charge in [0.15, 0.2) is 0 Å². The van der Waals surface area contributed by atoms with E-state index >= 15 is 0 Å². The molecule has 0 bridgehead atoms. The van der Waals surface area contributed by atoms with Crippen molar-refractivity contribution in [2.75, 3.05) is 7.11 Å². The van der Waals surface area contributed by atoms with Gasteiger partial charge in [0.25, 0.3) is 0 Å². The summed E-state index contributed by atoms with van der Waals surface area (Å²) in [6, 6.07) is 5.33. The average Bonchev–Trinajstić information content (AvgIpc) is 2.15. The van der Waals surface area contributed by atoms with Crippen molar-refractivity contribution in [3.63, 3.8) is 0 Å². The second-order valence-corrected chi connectivity index (χ2v) is 3.00. The Kier molecular flexibility index (Phi) is 3.47. The van der Waals surface area contributed by atoms with Crippen LogP contribution in [0.3, 0.4) is 0 Å². The minimum absolute atomic E-state index is 0.210. The van der Waals surface area contributed by atoms with E-state index in [0.29, 0.717) is 0 Å². The molecule has 0 amide bonds. The number of benzene rings is 1. The standard InChI is InChI=1S/C9H7ClF2O3/c1-14-8(13)9(11,12)15-7-4-2-3-6(10)5-7/h2-5H,1H3. The van der Waals surface area contributed by atoms with E-state index in [1.807, 2.05) is 0 Å². The zero-order valence-corrected chi connectivity index (χ0v) is 8.42. The van der Waals surface area contributed by atoms with Gasteiger partial charge in [-0.15, -0.1) is 0 Å². The molecule has 0 aromatic heterocycles. The first-order valence-electron chi connectivity index (χ1n) is 3.86. The average molecular weight is 237 g/mol. The summed E-state index contributed by atoms with van der Waals surface area (Å²) in [4.78, 5) is 10.6. The van der Waals surface area contributed by atoms with Crippen molar-refractivity contribution in [1.82, 2.24) is 0 Å². The van der Waals surface area contributed by atoms with Gasteiger partial charge in [-0.05, 0) is 18.2 Å². The number of esters is 1. The minimum Gasteiger partial charge on any atom is -0.462 e. The van der Waals surface area contributed by atoms with Gasteiger partial charge >= 0.3 is 12.1 Å². The number of hydrogen-bond acceptors (Lipinski definition) is 3. The fraction of sp³-hybridized carbons (Fsp3) is 0.222. The lowest BCUT2D eigenvalue weighted by Crippen LogP contribution is -2.36. The van der Waals surface area contributed by atoms with Crippen molar-refractivity contribution in [3.05, 3.63) is 29.3 Å². The molecule has 0 spiro atoms. The highest BCUT2D eigenvalue weighted by Crippen LogP contribution is 2.24. The number of carbonyl (C=O) groups is 1. The molecule has 0 radical (unpaired) electrons. The number of carbonyl (C=O) groups excluding carboxylic acids is 1. The topological polar surface area (TPSA) is 35.5 Å². The Balaban J connectivity index is 2.81. The SMILES string of the molecule is COC(=O)C(F)(F)Oc1cccc(Cl)c1. The van der Waals surface area contributed by atoms with Gasteiger partial charge in [-0.2, -0.15) is 8.78 Å². The molecule has 1 rings (SSSR count). The fourth-order valence-electron chi connectivity index (χ4n) is 0.839. The molecule has 82 valence electrons. The quantitative estimate of drug-likeness (QED) is 0.757. The smallest absolute Gasteiger partial charge is 0.462 e. The Bertz CT molecular complexity index is 368. The molecule has 0 aliphatic heterocycles. The van der Waals surface area contributed by atoms with Gasteiger partial charge < -0.3 is 9.47 Å². The highest BCUT2D eigenvalue weighted by atomic mass is 35.5. The van der Waals surface area contributed by atoms with Crippen molar-refractivity contribution in [3.8, 4) is 5.75 Å². The van der Waals surface area contributed by atoms with E-state index in [-0.39, 0.29) is 10.8 Å². The molecule has 0 aliphatic rings. The second-order valence-electron chi connectivity index (χ2n) is 2.57. The first-order chi connectivity index (χ1) is 6.95. The second kappa shape index (κ2) is 4.44. The Morgan fingerprint density at radius 2 is 2.13 bits per heavy atom. The lowest BCUT2D eigenvalue weighted by atomic mass is 10.3. The van der Waals surface area contributed by atoms with Gasteiger partial charge in [-0.1, -0.05) is 17.7 Å². The van der Waals surface area contributed by atoms with Crippen LogP contribution in [-0.2, 0) is 9.53 Å². The van der Waals surface area contributed by atoms with E-state index in [0.717, 1.165) is 7.11 Å². The van der Waals surface area contributed by atoms with Crippen LogP contribution in [0.5, 0.6) is 5.75 Å². The number of methoxy groups -OCH3 is 1. The van der Waals surface area contributed by atoms with Crippen molar-refractivity contribution < 1.29 is 23.0 Å². The van der Waals surface area contributed by atoms with E-state index in [9.17, 15) is 13.6 Å². The van der Waals surface area contributed by atoms with Crippen molar-refractivity contribution >= 4 is 17.6 Å². The highest BCUT2D eigenvalue weighted by molar-refractivity contribution is 6.30. The van der Waals surface area contributed by atoms with Crippen LogP contribution in [0.4, 0.5) is 8.78 Å². The number of halogens is 3. The van der Waals surface area contributed by atoms with Gasteiger partial charge in [0.2, 0.25) is 0 Å². The first-order valence-corrected chi connectivity index (χ1v) is 4.24. The molecule has 0 fully saturated rings. The summed E-state index contributed by atoms with van der Waals surface area (Å²) >= 11 is 5.55. The molecule has 0 aliphatic carbocycles. The van der Waals surface area contributed by atoms with Crippen LogP contribution in [0.1, 0.15) is 0 Å². The van der Waals surface area contributed by atoms with E-state index in [4.69, 9.17) is 11.6 Å². The maximum atomic E-state index is 12.9. The normalized spacial score (nSPS) is 10.9. The molecule has 6 heteroatoms. The molecular formula is C9H7ClF2O3. The molecule has 15 heavy (non-hydrogen) atoms. The first kappa shape index (κ1) is 11.7. The maximum Gasteiger partial charge on any atom is 0.502 e. The highest BCUT2D eigenvalue weighted by Gasteiger charge is 2.43. The van der Waals surface area contributed by atoms with Crippen LogP contribution in [0.25, 0.3) is 0 Å². The van der Waals surface area contributed by atoms with Crippen LogP contribution < -0.4 is 4.74 Å². The molecule has 0 saturated heterocycles. The number of hydrogen-bond donors (Lipinski definition) is 0. The molecule has 0 heterocycles. The summed E-state index contributed by atoms with van der Waals surface area (Å²) in [5.74, 6) is -1.97. The van der Waals surface area contributed by atoms with Gasteiger partial charge in [0.1, 0.15) is 5.75 Å². The van der Waals surface area contributed by atoms with E-state index < -0.39 is 12.1 Å². The van der Waals surface area contributed by atoms with Crippen LogP contribution in [0, 0.1) is 0 Å². The molecule has 3 nitrogen and oxygen atoms in total. The molecular weight excluding hydrogens is 230 g/mol. The number of alkyl halides is 2. The summed E-state index contributed by atoms with van der Waals surface area (Å²) in [6.07, 6.45) is -4.01. The Labute approximate surface area is 89.5 Å². The van der Waals surface area contributed by atoms with Crippen molar-refractivity contribution in [2.45, 2.75) is 6.11 Å². The summed E-state index contributed by atoms with van der Waals surface area (Å²) < 4.78 is 33.8. The zero-order chi connectivity index (χ0) is 11.5. The third-order valence-electron chi connectivity index (χ3n) is 1.47. The number of ether oxygens (including phenoxy) is 2. The molecule has 0 unspecified atom stereocenters. The Morgan fingerprint density at radius 1 is 1.47 bits per heavy atom. The predicted molar refractivity (Wildman–Crippen MR) is 49.0 cm³/mol. The van der Waals surface area contributed by atoms with Crippen LogP contribution in [-0.4, -0.2) is 19.2 Å². The molecule has 1 aromatic rings. The third kappa shape index (κ3) is 3.06. The van der Waals surface area contributed by atoms with Crippen LogP contribution in [0.2, 0.25) is 5.02 Å². The molecule has 0 atom stereocenters. The van der Waals surface area contributed by atoms with Crippen molar-refractivity contribution in [1.29, 1.82) is 0 Å². The molecule has 1 aromatic carbocycles. The maximum absolute atomic E-state index is 12.9.